The number of ether oxygens (including phenoxy) is 7. The van der Waals surface area contributed by atoms with Crippen LogP contribution >= 0.6 is 15.9 Å². The fourth-order valence-corrected chi connectivity index (χ4v) is 3.44. The van der Waals surface area contributed by atoms with Crippen molar-refractivity contribution < 1.29 is 42.4 Å². The van der Waals surface area contributed by atoms with E-state index in [-0.39, 0.29) is 35.0 Å². The van der Waals surface area contributed by atoms with Gasteiger partial charge in [-0.15, -0.1) is 0 Å². The van der Waals surface area contributed by atoms with E-state index in [0.717, 1.165) is 0 Å². The van der Waals surface area contributed by atoms with E-state index in [0.29, 0.717) is 76.3 Å². The lowest BCUT2D eigenvalue weighted by molar-refractivity contribution is -0.0608. The van der Waals surface area contributed by atoms with Gasteiger partial charge in [0.15, 0.2) is 17.3 Å². The molecule has 1 fully saturated rings. The Morgan fingerprint density at radius 3 is 2.24 bits per heavy atom. The fraction of sp³-hybridized carbons (Fsp3) is 0.565. The van der Waals surface area contributed by atoms with Crippen molar-refractivity contribution in [1.82, 2.24) is 0 Å². The van der Waals surface area contributed by atoms with Gasteiger partial charge in [-0.25, -0.2) is 4.79 Å². The number of rotatable bonds is 6. The Balaban J connectivity index is 1.70. The van der Waals surface area contributed by atoms with Crippen LogP contribution in [0.25, 0.3) is 11.0 Å². The van der Waals surface area contributed by atoms with Gasteiger partial charge in [-0.2, -0.15) is 0 Å². The molecule has 10 nitrogen and oxygen atoms in total. The van der Waals surface area contributed by atoms with Crippen molar-refractivity contribution in [2.24, 2.45) is 0 Å². The van der Waals surface area contributed by atoms with Crippen molar-refractivity contribution in [2.75, 3.05) is 78.5 Å². The minimum absolute atomic E-state index is 0.0174. The number of benzene rings is 1. The molecule has 11 heteroatoms. The molecule has 2 aromatic rings. The number of ketones is 1. The van der Waals surface area contributed by atoms with Crippen LogP contribution in [0.4, 0.5) is 0 Å². The highest BCUT2D eigenvalue weighted by molar-refractivity contribution is 9.09. The van der Waals surface area contributed by atoms with Crippen LogP contribution in [-0.4, -0.2) is 90.4 Å². The number of halogens is 1. The maximum atomic E-state index is 12.1. The van der Waals surface area contributed by atoms with Crippen LogP contribution in [0.3, 0.4) is 0 Å². The highest BCUT2D eigenvalue weighted by Crippen LogP contribution is 2.32. The van der Waals surface area contributed by atoms with Crippen LogP contribution in [0.15, 0.2) is 27.4 Å². The Morgan fingerprint density at radius 2 is 1.59 bits per heavy atom. The fourth-order valence-electron chi connectivity index (χ4n) is 3.14. The van der Waals surface area contributed by atoms with Crippen molar-refractivity contribution in [1.29, 1.82) is 0 Å². The third kappa shape index (κ3) is 8.03. The van der Waals surface area contributed by atoms with Crippen molar-refractivity contribution in [3.63, 3.8) is 0 Å². The molecule has 1 atom stereocenters. The first-order chi connectivity index (χ1) is 16.6. The molecule has 1 aromatic carbocycles. The third-order valence-corrected chi connectivity index (χ3v) is 5.38. The van der Waals surface area contributed by atoms with E-state index in [2.05, 4.69) is 15.9 Å². The summed E-state index contributed by atoms with van der Waals surface area (Å²) in [5.41, 5.74) is -0.451. The van der Waals surface area contributed by atoms with Gasteiger partial charge >= 0.3 is 5.63 Å². The summed E-state index contributed by atoms with van der Waals surface area (Å²) >= 11 is 3.08. The Kier molecular flexibility index (Phi) is 11.3. The number of fused-ring (bicyclic) bond motifs is 1. The van der Waals surface area contributed by atoms with Gasteiger partial charge in [0, 0.05) is 11.5 Å². The lowest BCUT2D eigenvalue weighted by Crippen LogP contribution is -2.29. The molecule has 0 spiro atoms. The smallest absolute Gasteiger partial charge is 0.347 e. The predicted octanol–water partition coefficient (Wildman–Crippen LogP) is 2.22. The van der Waals surface area contributed by atoms with Gasteiger partial charge < -0.3 is 37.6 Å². The molecule has 0 saturated carbocycles. The van der Waals surface area contributed by atoms with Gasteiger partial charge in [0.25, 0.3) is 0 Å². The summed E-state index contributed by atoms with van der Waals surface area (Å²) in [5, 5.41) is 0.551. The monoisotopic (exact) mass is 544 g/mol. The molecule has 1 saturated heterocycles. The quantitative estimate of drug-likeness (QED) is 0.304. The Labute approximate surface area is 205 Å². The molecule has 1 aliphatic rings. The molecule has 2 heterocycles. The van der Waals surface area contributed by atoms with Crippen molar-refractivity contribution in [3.8, 4) is 11.5 Å². The molecule has 0 bridgehead atoms. The SMILES string of the molecule is COc1cc2oc(=O)c(C(=O)CBr)cc2cc1OCC1COCCOCCOCCOCCO1. The molecular formula is C23H29BrO10. The zero-order valence-corrected chi connectivity index (χ0v) is 20.6. The van der Waals surface area contributed by atoms with Crippen LogP contribution < -0.4 is 15.1 Å². The zero-order valence-electron chi connectivity index (χ0n) is 19.0. The summed E-state index contributed by atoms with van der Waals surface area (Å²) in [7, 11) is 1.49. The highest BCUT2D eigenvalue weighted by Gasteiger charge is 2.17. The number of carbonyl (C=O) groups excluding carboxylic acids is 1. The average Bonchev–Trinajstić information content (AvgIpc) is 2.86. The molecule has 0 N–H and O–H groups in total. The number of methoxy groups -OCH3 is 1. The normalized spacial score (nSPS) is 19.2. The molecule has 34 heavy (non-hydrogen) atoms. The van der Waals surface area contributed by atoms with E-state index < -0.39 is 5.63 Å². The zero-order chi connectivity index (χ0) is 24.2. The maximum Gasteiger partial charge on any atom is 0.347 e. The molecular weight excluding hydrogens is 516 g/mol. The van der Waals surface area contributed by atoms with Crippen LogP contribution in [-0.2, 0) is 23.7 Å². The van der Waals surface area contributed by atoms with E-state index >= 15 is 0 Å². The molecule has 1 aromatic heterocycles. The van der Waals surface area contributed by atoms with E-state index in [1.54, 1.807) is 12.1 Å². The van der Waals surface area contributed by atoms with E-state index in [1.807, 2.05) is 0 Å². The van der Waals surface area contributed by atoms with E-state index in [9.17, 15) is 9.59 Å². The second-order valence-corrected chi connectivity index (χ2v) is 7.82. The number of hydrogen-bond acceptors (Lipinski definition) is 10. The first-order valence-electron chi connectivity index (χ1n) is 10.9. The van der Waals surface area contributed by atoms with Gasteiger partial charge in [0.1, 0.15) is 23.9 Å². The minimum Gasteiger partial charge on any atom is -0.493 e. The Bertz CT molecular complexity index is 960. The molecule has 1 aliphatic heterocycles. The summed E-state index contributed by atoms with van der Waals surface area (Å²) in [4.78, 5) is 24.1. The van der Waals surface area contributed by atoms with Gasteiger partial charge in [0.05, 0.1) is 71.9 Å². The summed E-state index contributed by atoms with van der Waals surface area (Å²) in [6.07, 6.45) is -0.371. The molecule has 188 valence electrons. The van der Waals surface area contributed by atoms with Crippen molar-refractivity contribution in [2.45, 2.75) is 6.10 Å². The average molecular weight is 545 g/mol. The van der Waals surface area contributed by atoms with Gasteiger partial charge in [-0.05, 0) is 12.1 Å². The van der Waals surface area contributed by atoms with Crippen LogP contribution in [0.1, 0.15) is 10.4 Å². The third-order valence-electron chi connectivity index (χ3n) is 4.87. The molecule has 3 rings (SSSR count). The van der Waals surface area contributed by atoms with Gasteiger partial charge in [0.2, 0.25) is 0 Å². The maximum absolute atomic E-state index is 12.1. The molecule has 0 amide bonds. The summed E-state index contributed by atoms with van der Waals surface area (Å²) in [5.74, 6) is 0.426. The lowest BCUT2D eigenvalue weighted by Gasteiger charge is -2.20. The van der Waals surface area contributed by atoms with Crippen molar-refractivity contribution in [3.05, 3.63) is 34.2 Å². The first-order valence-corrected chi connectivity index (χ1v) is 12.0. The van der Waals surface area contributed by atoms with Crippen LogP contribution in [0.5, 0.6) is 11.5 Å². The molecule has 0 aliphatic carbocycles. The van der Waals surface area contributed by atoms with E-state index in [4.69, 9.17) is 37.6 Å². The second-order valence-electron chi connectivity index (χ2n) is 7.26. The Morgan fingerprint density at radius 1 is 0.941 bits per heavy atom. The predicted molar refractivity (Wildman–Crippen MR) is 126 cm³/mol. The number of hydrogen-bond donors (Lipinski definition) is 0. The second kappa shape index (κ2) is 14.4. The van der Waals surface area contributed by atoms with Crippen LogP contribution in [0.2, 0.25) is 0 Å². The van der Waals surface area contributed by atoms with Crippen molar-refractivity contribution >= 4 is 32.7 Å². The molecule has 0 radical (unpaired) electrons. The largest absolute Gasteiger partial charge is 0.493 e. The van der Waals surface area contributed by atoms with Gasteiger partial charge in [-0.1, -0.05) is 15.9 Å². The minimum atomic E-state index is -0.702. The van der Waals surface area contributed by atoms with Crippen LogP contribution in [0, 0.1) is 0 Å². The summed E-state index contributed by atoms with van der Waals surface area (Å²) in [6.45, 7) is 4.11. The lowest BCUT2D eigenvalue weighted by atomic mass is 10.1. The summed E-state index contributed by atoms with van der Waals surface area (Å²) in [6, 6.07) is 4.70. The number of alkyl halides is 1. The topological polar surface area (TPSA) is 112 Å². The number of Topliss-reactive ketones (excluding diaryl/α,β-unsaturated/α-hetero) is 1. The standard InChI is InChI=1S/C23H29BrO10/c1-27-21-12-20-16(10-18(19(25)13-24)23(26)34-20)11-22(21)33-15-17-14-31-7-6-29-3-2-28-4-5-30-8-9-32-17/h10-12,17H,2-9,13-15H2,1H3. The van der Waals surface area contributed by atoms with E-state index in [1.165, 1.54) is 13.2 Å². The van der Waals surface area contributed by atoms with Gasteiger partial charge in [-0.3, -0.25) is 4.79 Å². The number of carbonyl (C=O) groups is 1. The molecule has 1 unspecified atom stereocenters. The summed E-state index contributed by atoms with van der Waals surface area (Å²) < 4.78 is 44.6. The highest BCUT2D eigenvalue weighted by atomic mass is 79.9. The first kappa shape index (κ1) is 26.6. The Hall–Kier alpha value is -2.02.